The first-order valence-electron chi connectivity index (χ1n) is 5.54. The highest BCUT2D eigenvalue weighted by molar-refractivity contribution is 6.17. The third-order valence-corrected chi connectivity index (χ3v) is 1.78. The molecule has 0 unspecified atom stereocenters. The van der Waals surface area contributed by atoms with E-state index in [0.29, 0.717) is 0 Å². The van der Waals surface area contributed by atoms with Gasteiger partial charge in [0.05, 0.1) is 13.2 Å². The number of hydrogen-bond acceptors (Lipinski definition) is 2. The second kappa shape index (κ2) is 18.9. The minimum Gasteiger partial charge on any atom is -0.379 e. The standard InChI is InChI=1S/C6H14O2.C5H11Cl/c1-3-7-5-6-8-4-2;1-2-3-4-5-6/h3-6H2,1-2H3;2-5H2,1H3. The van der Waals surface area contributed by atoms with Gasteiger partial charge >= 0.3 is 0 Å². The minimum atomic E-state index is 0.727. The molecule has 3 heteroatoms. The number of halogens is 1. The molecule has 14 heavy (non-hydrogen) atoms. The zero-order chi connectivity index (χ0) is 11.1. The van der Waals surface area contributed by atoms with Gasteiger partial charge in [0.1, 0.15) is 0 Å². The van der Waals surface area contributed by atoms with Gasteiger partial charge in [0.15, 0.2) is 0 Å². The topological polar surface area (TPSA) is 18.5 Å². The number of hydrogen-bond donors (Lipinski definition) is 0. The van der Waals surface area contributed by atoms with E-state index in [9.17, 15) is 0 Å². The van der Waals surface area contributed by atoms with Crippen LogP contribution >= 0.6 is 11.6 Å². The van der Waals surface area contributed by atoms with Gasteiger partial charge in [-0.1, -0.05) is 19.8 Å². The summed E-state index contributed by atoms with van der Waals surface area (Å²) in [6, 6.07) is 0. The van der Waals surface area contributed by atoms with Crippen LogP contribution < -0.4 is 0 Å². The average Bonchev–Trinajstić information content (AvgIpc) is 2.22. The van der Waals surface area contributed by atoms with Crippen molar-refractivity contribution in [1.29, 1.82) is 0 Å². The molecule has 0 N–H and O–H groups in total. The van der Waals surface area contributed by atoms with Gasteiger partial charge in [-0.3, -0.25) is 0 Å². The van der Waals surface area contributed by atoms with Gasteiger partial charge in [-0.25, -0.2) is 0 Å². The van der Waals surface area contributed by atoms with Gasteiger partial charge in [0.2, 0.25) is 0 Å². The smallest absolute Gasteiger partial charge is 0.0700 e. The van der Waals surface area contributed by atoms with Crippen molar-refractivity contribution in [2.24, 2.45) is 0 Å². The molecular formula is C11H25ClO2. The van der Waals surface area contributed by atoms with Crippen LogP contribution in [0.3, 0.4) is 0 Å². The van der Waals surface area contributed by atoms with Crippen LogP contribution in [0.5, 0.6) is 0 Å². The summed E-state index contributed by atoms with van der Waals surface area (Å²) in [7, 11) is 0. The van der Waals surface area contributed by atoms with Crippen LogP contribution in [0.25, 0.3) is 0 Å². The Bertz CT molecular complexity index is 69.7. The highest BCUT2D eigenvalue weighted by Gasteiger charge is 1.81. The summed E-state index contributed by atoms with van der Waals surface area (Å²) in [6.07, 6.45) is 3.73. The van der Waals surface area contributed by atoms with E-state index in [1.54, 1.807) is 0 Å². The molecule has 0 aromatic carbocycles. The molecular weight excluding hydrogens is 200 g/mol. The summed E-state index contributed by atoms with van der Waals surface area (Å²) >= 11 is 5.38. The fourth-order valence-corrected chi connectivity index (χ4v) is 0.940. The summed E-state index contributed by atoms with van der Waals surface area (Å²) in [5.74, 6) is 0.827. The molecule has 0 radical (unpaired) electrons. The van der Waals surface area contributed by atoms with Crippen molar-refractivity contribution < 1.29 is 9.47 Å². The monoisotopic (exact) mass is 224 g/mol. The van der Waals surface area contributed by atoms with Crippen molar-refractivity contribution in [1.82, 2.24) is 0 Å². The lowest BCUT2D eigenvalue weighted by atomic mass is 10.3. The Hall–Kier alpha value is 0.210. The third kappa shape index (κ3) is 22.8. The highest BCUT2D eigenvalue weighted by atomic mass is 35.5. The maximum Gasteiger partial charge on any atom is 0.0700 e. The SMILES string of the molecule is CCCCCCl.CCOCCOCC. The van der Waals surface area contributed by atoms with Crippen LogP contribution in [0.4, 0.5) is 0 Å². The van der Waals surface area contributed by atoms with E-state index in [2.05, 4.69) is 6.92 Å². The first kappa shape index (κ1) is 16.6. The van der Waals surface area contributed by atoms with Crippen LogP contribution in [-0.2, 0) is 9.47 Å². The number of alkyl halides is 1. The van der Waals surface area contributed by atoms with Gasteiger partial charge in [0.25, 0.3) is 0 Å². The first-order chi connectivity index (χ1) is 6.83. The number of ether oxygens (including phenoxy) is 2. The number of rotatable bonds is 8. The quantitative estimate of drug-likeness (QED) is 0.464. The lowest BCUT2D eigenvalue weighted by Gasteiger charge is -1.99. The van der Waals surface area contributed by atoms with Crippen molar-refractivity contribution in [3.63, 3.8) is 0 Å². The van der Waals surface area contributed by atoms with Crippen LogP contribution in [-0.4, -0.2) is 32.3 Å². The third-order valence-electron chi connectivity index (χ3n) is 1.52. The molecule has 0 bridgehead atoms. The molecule has 0 atom stereocenters. The molecule has 0 heterocycles. The summed E-state index contributed by atoms with van der Waals surface area (Å²) in [5, 5.41) is 0. The Labute approximate surface area is 93.9 Å². The number of unbranched alkanes of at least 4 members (excludes halogenated alkanes) is 2. The van der Waals surface area contributed by atoms with Crippen LogP contribution in [0.2, 0.25) is 0 Å². The minimum absolute atomic E-state index is 0.727. The van der Waals surface area contributed by atoms with E-state index in [-0.39, 0.29) is 0 Å². The molecule has 0 aromatic heterocycles. The first-order valence-corrected chi connectivity index (χ1v) is 6.08. The van der Waals surface area contributed by atoms with Gasteiger partial charge in [-0.05, 0) is 20.3 Å². The molecule has 2 nitrogen and oxygen atoms in total. The summed E-state index contributed by atoms with van der Waals surface area (Å²) in [5.41, 5.74) is 0. The lowest BCUT2D eigenvalue weighted by molar-refractivity contribution is 0.0584. The Morgan fingerprint density at radius 2 is 1.36 bits per heavy atom. The maximum absolute atomic E-state index is 5.38. The van der Waals surface area contributed by atoms with E-state index in [1.807, 2.05) is 13.8 Å². The van der Waals surface area contributed by atoms with Gasteiger partial charge < -0.3 is 9.47 Å². The van der Waals surface area contributed by atoms with Crippen LogP contribution in [0.1, 0.15) is 40.0 Å². The normalized spacial score (nSPS) is 9.43. The van der Waals surface area contributed by atoms with Gasteiger partial charge in [-0.2, -0.15) is 0 Å². The zero-order valence-electron chi connectivity index (χ0n) is 9.85. The summed E-state index contributed by atoms with van der Waals surface area (Å²) < 4.78 is 10.0. The van der Waals surface area contributed by atoms with Crippen molar-refractivity contribution in [2.45, 2.75) is 40.0 Å². The fourth-order valence-electron chi connectivity index (χ4n) is 0.751. The Morgan fingerprint density at radius 3 is 1.57 bits per heavy atom. The Morgan fingerprint density at radius 1 is 0.857 bits per heavy atom. The largest absolute Gasteiger partial charge is 0.379 e. The fraction of sp³-hybridized carbons (Fsp3) is 1.00. The van der Waals surface area contributed by atoms with E-state index in [0.717, 1.165) is 32.3 Å². The molecule has 0 aliphatic rings. The molecule has 88 valence electrons. The van der Waals surface area contributed by atoms with E-state index < -0.39 is 0 Å². The van der Waals surface area contributed by atoms with Crippen LogP contribution in [0.15, 0.2) is 0 Å². The second-order valence-corrected chi connectivity index (χ2v) is 3.17. The van der Waals surface area contributed by atoms with E-state index >= 15 is 0 Å². The molecule has 0 aliphatic heterocycles. The molecule has 0 saturated heterocycles. The lowest BCUT2D eigenvalue weighted by Crippen LogP contribution is -2.02. The van der Waals surface area contributed by atoms with Crippen molar-refractivity contribution in [3.8, 4) is 0 Å². The Kier molecular flexibility index (Phi) is 22.4. The second-order valence-electron chi connectivity index (χ2n) is 2.79. The summed E-state index contributed by atoms with van der Waals surface area (Å²) in [4.78, 5) is 0. The predicted molar refractivity (Wildman–Crippen MR) is 63.2 cm³/mol. The van der Waals surface area contributed by atoms with Crippen molar-refractivity contribution in [3.05, 3.63) is 0 Å². The molecule has 0 saturated carbocycles. The molecule has 0 amide bonds. The highest BCUT2D eigenvalue weighted by Crippen LogP contribution is 1.93. The molecule has 0 fully saturated rings. The maximum atomic E-state index is 5.38. The zero-order valence-corrected chi connectivity index (χ0v) is 10.6. The van der Waals surface area contributed by atoms with E-state index in [4.69, 9.17) is 21.1 Å². The van der Waals surface area contributed by atoms with E-state index in [1.165, 1.54) is 19.3 Å². The van der Waals surface area contributed by atoms with Gasteiger partial charge in [0, 0.05) is 19.1 Å². The predicted octanol–water partition coefficient (Wildman–Crippen LogP) is 3.47. The summed E-state index contributed by atoms with van der Waals surface area (Å²) in [6.45, 7) is 9.15. The van der Waals surface area contributed by atoms with Crippen molar-refractivity contribution in [2.75, 3.05) is 32.3 Å². The molecule has 0 spiro atoms. The molecule has 0 rings (SSSR count). The Balaban J connectivity index is 0. The van der Waals surface area contributed by atoms with Crippen LogP contribution in [0, 0.1) is 0 Å². The molecule has 0 aliphatic carbocycles. The molecule has 0 aromatic rings. The van der Waals surface area contributed by atoms with Gasteiger partial charge in [-0.15, -0.1) is 11.6 Å². The van der Waals surface area contributed by atoms with Crippen molar-refractivity contribution >= 4 is 11.6 Å². The average molecular weight is 225 g/mol.